The lowest BCUT2D eigenvalue weighted by molar-refractivity contribution is -0.142. The normalized spacial score (nSPS) is 14.7. The molecule has 0 fully saturated rings. The van der Waals surface area contributed by atoms with Crippen molar-refractivity contribution >= 4 is 29.7 Å². The number of amides is 3. The van der Waals surface area contributed by atoms with Crippen molar-refractivity contribution in [3.63, 3.8) is 0 Å². The lowest BCUT2D eigenvalue weighted by Gasteiger charge is -2.25. The quantitative estimate of drug-likeness (QED) is 0.0630. The van der Waals surface area contributed by atoms with E-state index in [2.05, 4.69) is 20.9 Å². The number of aliphatic carboxylic acids is 1. The van der Waals surface area contributed by atoms with Gasteiger partial charge in [-0.25, -0.2) is 4.79 Å². The van der Waals surface area contributed by atoms with Crippen LogP contribution < -0.4 is 33.2 Å². The van der Waals surface area contributed by atoms with Crippen LogP contribution in [-0.4, -0.2) is 82.3 Å². The summed E-state index contributed by atoms with van der Waals surface area (Å²) in [6.07, 6.45) is 0.875. The minimum Gasteiger partial charge on any atom is -0.508 e. The maximum absolute atomic E-state index is 13.1. The molecule has 0 aliphatic carbocycles. The van der Waals surface area contributed by atoms with Crippen LogP contribution in [-0.2, 0) is 25.6 Å². The van der Waals surface area contributed by atoms with Crippen molar-refractivity contribution in [1.29, 1.82) is 0 Å². The number of hydrogen-bond donors (Lipinski definition) is 9. The van der Waals surface area contributed by atoms with Gasteiger partial charge in [-0.15, -0.1) is 0 Å². The number of phenolic OH excluding ortho intramolecular Hbond substituents is 1. The molecule has 38 heavy (non-hydrogen) atoms. The molecule has 212 valence electrons. The van der Waals surface area contributed by atoms with Crippen LogP contribution in [0.2, 0.25) is 0 Å². The van der Waals surface area contributed by atoms with Crippen LogP contribution in [0.5, 0.6) is 5.75 Å². The zero-order valence-corrected chi connectivity index (χ0v) is 21.6. The highest BCUT2D eigenvalue weighted by Crippen LogP contribution is 2.12. The number of benzene rings is 1. The second kappa shape index (κ2) is 16.0. The summed E-state index contributed by atoms with van der Waals surface area (Å²) in [6.45, 7) is 2.99. The summed E-state index contributed by atoms with van der Waals surface area (Å²) in [6, 6.07) is 1.08. The van der Waals surface area contributed by atoms with E-state index in [1.54, 1.807) is 19.1 Å². The highest BCUT2D eigenvalue weighted by Gasteiger charge is 2.31. The van der Waals surface area contributed by atoms with Crippen molar-refractivity contribution in [2.75, 3.05) is 13.2 Å². The summed E-state index contributed by atoms with van der Waals surface area (Å²) in [5, 5.41) is 35.9. The molecular weight excluding hydrogens is 498 g/mol. The van der Waals surface area contributed by atoms with Crippen molar-refractivity contribution in [1.82, 2.24) is 16.0 Å². The number of phenols is 1. The number of nitrogens with two attached hydrogens (primary N) is 3. The fourth-order valence-electron chi connectivity index (χ4n) is 3.36. The summed E-state index contributed by atoms with van der Waals surface area (Å²) in [5.74, 6) is -3.91. The number of aliphatic hydroxyl groups excluding tert-OH is 1. The molecule has 0 aliphatic heterocycles. The van der Waals surface area contributed by atoms with E-state index in [0.717, 1.165) is 0 Å². The van der Waals surface area contributed by atoms with Crippen molar-refractivity contribution in [3.8, 4) is 5.75 Å². The molecule has 0 saturated heterocycles. The molecular formula is C24H39N7O7. The minimum absolute atomic E-state index is 0.00299. The van der Waals surface area contributed by atoms with Gasteiger partial charge in [0.25, 0.3) is 0 Å². The van der Waals surface area contributed by atoms with Gasteiger partial charge in [-0.3, -0.25) is 19.4 Å². The SMILES string of the molecule is CCC(C)C(N)C(=O)NC(Cc1ccc(O)cc1)C(=O)NC(CO)C(=O)NC(CCCN=C(N)N)C(=O)O. The molecule has 14 nitrogen and oxygen atoms in total. The second-order valence-electron chi connectivity index (χ2n) is 8.94. The summed E-state index contributed by atoms with van der Waals surface area (Å²) in [5.41, 5.74) is 17.1. The predicted molar refractivity (Wildman–Crippen MR) is 140 cm³/mol. The first-order valence-corrected chi connectivity index (χ1v) is 12.2. The predicted octanol–water partition coefficient (Wildman–Crippen LogP) is -2.11. The molecule has 0 heterocycles. The standard InChI is InChI=1S/C24H39N7O7/c1-3-13(2)19(25)22(36)30-17(11-14-6-8-15(33)9-7-14)20(34)31-18(12-32)21(35)29-16(23(37)38)5-4-10-28-24(26)27/h6-9,13,16-19,32-33H,3-5,10-12,25H2,1-2H3,(H,29,35)(H,30,36)(H,31,34)(H,37,38)(H4,26,27,28). The zero-order chi connectivity index (χ0) is 28.8. The third kappa shape index (κ3) is 11.0. The molecule has 0 radical (unpaired) electrons. The Morgan fingerprint density at radius 1 is 0.947 bits per heavy atom. The Kier molecular flexibility index (Phi) is 13.6. The van der Waals surface area contributed by atoms with Gasteiger partial charge in [0.15, 0.2) is 5.96 Å². The Hall–Kier alpha value is -3.91. The van der Waals surface area contributed by atoms with Crippen molar-refractivity contribution < 1.29 is 34.5 Å². The maximum Gasteiger partial charge on any atom is 0.326 e. The molecule has 0 bridgehead atoms. The van der Waals surface area contributed by atoms with E-state index in [9.17, 15) is 34.5 Å². The van der Waals surface area contributed by atoms with Crippen LogP contribution in [0.15, 0.2) is 29.3 Å². The summed E-state index contributed by atoms with van der Waals surface area (Å²) < 4.78 is 0. The Morgan fingerprint density at radius 3 is 2.03 bits per heavy atom. The van der Waals surface area contributed by atoms with Gasteiger partial charge in [0.2, 0.25) is 17.7 Å². The first-order valence-electron chi connectivity index (χ1n) is 12.2. The number of carboxylic acid groups (broad SMARTS) is 1. The summed E-state index contributed by atoms with van der Waals surface area (Å²) in [7, 11) is 0. The number of nitrogens with zero attached hydrogens (tertiary/aromatic N) is 1. The van der Waals surface area contributed by atoms with E-state index in [0.29, 0.717) is 12.0 Å². The Balaban J connectivity index is 2.98. The highest BCUT2D eigenvalue weighted by atomic mass is 16.4. The van der Waals surface area contributed by atoms with Gasteiger partial charge < -0.3 is 48.5 Å². The topological polar surface area (TPSA) is 255 Å². The summed E-state index contributed by atoms with van der Waals surface area (Å²) in [4.78, 5) is 53.8. The van der Waals surface area contributed by atoms with Crippen molar-refractivity contribution in [2.24, 2.45) is 28.1 Å². The highest BCUT2D eigenvalue weighted by molar-refractivity contribution is 5.94. The van der Waals surface area contributed by atoms with Crippen LogP contribution in [0.1, 0.15) is 38.7 Å². The van der Waals surface area contributed by atoms with Gasteiger partial charge in [-0.1, -0.05) is 32.4 Å². The smallest absolute Gasteiger partial charge is 0.326 e. The second-order valence-corrected chi connectivity index (χ2v) is 8.94. The van der Waals surface area contributed by atoms with Gasteiger partial charge in [-0.05, 0) is 36.5 Å². The molecule has 5 atom stereocenters. The van der Waals surface area contributed by atoms with Gasteiger partial charge in [0.1, 0.15) is 23.9 Å². The molecule has 0 spiro atoms. The third-order valence-corrected chi connectivity index (χ3v) is 5.94. The molecule has 3 amide bonds. The number of carboxylic acids is 1. The number of aliphatic hydroxyl groups is 1. The number of guanidine groups is 1. The van der Waals surface area contributed by atoms with Crippen LogP contribution in [0.3, 0.4) is 0 Å². The molecule has 1 aromatic carbocycles. The lowest BCUT2D eigenvalue weighted by atomic mass is 9.98. The largest absolute Gasteiger partial charge is 0.508 e. The number of rotatable bonds is 16. The number of carbonyl (C=O) groups excluding carboxylic acids is 3. The summed E-state index contributed by atoms with van der Waals surface area (Å²) >= 11 is 0. The van der Waals surface area contributed by atoms with Gasteiger partial charge >= 0.3 is 5.97 Å². The fourth-order valence-corrected chi connectivity index (χ4v) is 3.36. The van der Waals surface area contributed by atoms with E-state index >= 15 is 0 Å². The Morgan fingerprint density at radius 2 is 1.50 bits per heavy atom. The average Bonchev–Trinajstić information content (AvgIpc) is 2.88. The van der Waals surface area contributed by atoms with Crippen LogP contribution in [0, 0.1) is 5.92 Å². The van der Waals surface area contributed by atoms with Crippen LogP contribution in [0.25, 0.3) is 0 Å². The Labute approximate surface area is 221 Å². The average molecular weight is 538 g/mol. The third-order valence-electron chi connectivity index (χ3n) is 5.94. The van der Waals surface area contributed by atoms with Crippen LogP contribution >= 0.6 is 0 Å². The Bertz CT molecular complexity index is 967. The molecule has 0 saturated carbocycles. The van der Waals surface area contributed by atoms with Gasteiger partial charge in [0.05, 0.1) is 12.6 Å². The fraction of sp³-hybridized carbons (Fsp3) is 0.542. The molecule has 5 unspecified atom stereocenters. The number of aliphatic imine (C=N–C) groups is 1. The zero-order valence-electron chi connectivity index (χ0n) is 21.6. The number of hydrogen-bond acceptors (Lipinski definition) is 8. The van der Waals surface area contributed by atoms with Crippen LogP contribution in [0.4, 0.5) is 0 Å². The van der Waals surface area contributed by atoms with Crippen molar-refractivity contribution in [3.05, 3.63) is 29.8 Å². The van der Waals surface area contributed by atoms with E-state index in [1.165, 1.54) is 12.1 Å². The molecule has 0 aromatic heterocycles. The van der Waals surface area contributed by atoms with Gasteiger partial charge in [0, 0.05) is 13.0 Å². The number of carbonyl (C=O) groups is 4. The number of nitrogens with one attached hydrogen (secondary N) is 3. The molecule has 0 aliphatic rings. The van der Waals surface area contributed by atoms with E-state index in [4.69, 9.17) is 17.2 Å². The number of aromatic hydroxyl groups is 1. The minimum atomic E-state index is -1.50. The molecule has 12 N–H and O–H groups in total. The lowest BCUT2D eigenvalue weighted by Crippen LogP contribution is -2.59. The first-order chi connectivity index (χ1) is 17.9. The monoisotopic (exact) mass is 537 g/mol. The van der Waals surface area contributed by atoms with E-state index in [-0.39, 0.29) is 43.4 Å². The maximum atomic E-state index is 13.1. The van der Waals surface area contributed by atoms with E-state index < -0.39 is 54.5 Å². The molecule has 14 heteroatoms. The first kappa shape index (κ1) is 32.1. The van der Waals surface area contributed by atoms with Gasteiger partial charge in [-0.2, -0.15) is 0 Å². The molecule has 1 rings (SSSR count). The molecule has 1 aromatic rings. The van der Waals surface area contributed by atoms with Crippen molar-refractivity contribution in [2.45, 2.75) is 63.7 Å². The van der Waals surface area contributed by atoms with E-state index in [1.807, 2.05) is 6.92 Å².